The Kier molecular flexibility index (Phi) is 3.45. The van der Waals surface area contributed by atoms with Gasteiger partial charge in [-0.25, -0.2) is 4.98 Å². The van der Waals surface area contributed by atoms with Gasteiger partial charge in [0.2, 0.25) is 0 Å². The first-order valence-electron chi connectivity index (χ1n) is 4.04. The minimum Gasteiger partial charge on any atom is -0.380 e. The van der Waals surface area contributed by atoms with Gasteiger partial charge in [0, 0.05) is 19.7 Å². The molecule has 0 aliphatic heterocycles. The monoisotopic (exact) mass is 183 g/mol. The smallest absolute Gasteiger partial charge is 0.252 e. The normalized spacial score (nSPS) is 12.5. The average Bonchev–Trinajstić information content (AvgIpc) is 2.14. The highest BCUT2D eigenvalue weighted by Crippen LogP contribution is 1.96. The topological polar surface area (TPSA) is 67.0 Å². The van der Waals surface area contributed by atoms with Crippen LogP contribution < -0.4 is 10.9 Å². The number of anilines is 1. The van der Waals surface area contributed by atoms with Gasteiger partial charge in [-0.1, -0.05) is 0 Å². The summed E-state index contributed by atoms with van der Waals surface area (Å²) in [4.78, 5) is 17.2. The molecule has 0 spiro atoms. The zero-order valence-electron chi connectivity index (χ0n) is 7.70. The Bertz CT molecular complexity index is 310. The predicted octanol–water partition coefficient (Wildman–Crippen LogP) is 0.217. The molecule has 1 aromatic heterocycles. The first-order chi connectivity index (χ1) is 6.22. The standard InChI is InChI=1S/C8H13N3O2/c1-6(13-2)4-9-7-3-8(12)11-5-10-7/h3,5-6H,4H2,1-2H3,(H2,9,10,11,12). The first-order valence-corrected chi connectivity index (χ1v) is 4.04. The third kappa shape index (κ3) is 3.25. The van der Waals surface area contributed by atoms with Crippen LogP contribution in [0.2, 0.25) is 0 Å². The van der Waals surface area contributed by atoms with Crippen LogP contribution in [0.3, 0.4) is 0 Å². The maximum Gasteiger partial charge on any atom is 0.252 e. The molecule has 5 heteroatoms. The van der Waals surface area contributed by atoms with E-state index in [0.717, 1.165) is 0 Å². The van der Waals surface area contributed by atoms with Crippen LogP contribution in [0.25, 0.3) is 0 Å². The molecule has 0 radical (unpaired) electrons. The van der Waals surface area contributed by atoms with Gasteiger partial charge < -0.3 is 15.0 Å². The van der Waals surface area contributed by atoms with Crippen LogP contribution in [0.4, 0.5) is 5.82 Å². The minimum absolute atomic E-state index is 0.0982. The van der Waals surface area contributed by atoms with Crippen LogP contribution in [0.1, 0.15) is 6.92 Å². The van der Waals surface area contributed by atoms with Crippen LogP contribution in [-0.2, 0) is 4.74 Å². The van der Waals surface area contributed by atoms with Gasteiger partial charge in [0.15, 0.2) is 0 Å². The Labute approximate surface area is 76.2 Å². The summed E-state index contributed by atoms with van der Waals surface area (Å²) in [6.45, 7) is 2.56. The molecule has 13 heavy (non-hydrogen) atoms. The van der Waals surface area contributed by atoms with E-state index in [2.05, 4.69) is 15.3 Å². The molecule has 72 valence electrons. The van der Waals surface area contributed by atoms with Gasteiger partial charge in [0.05, 0.1) is 12.4 Å². The zero-order valence-corrected chi connectivity index (χ0v) is 7.70. The van der Waals surface area contributed by atoms with Crippen molar-refractivity contribution in [3.8, 4) is 0 Å². The van der Waals surface area contributed by atoms with E-state index in [4.69, 9.17) is 4.74 Å². The molecular weight excluding hydrogens is 170 g/mol. The van der Waals surface area contributed by atoms with Crippen LogP contribution in [0.15, 0.2) is 17.2 Å². The van der Waals surface area contributed by atoms with Crippen LogP contribution in [0, 0.1) is 0 Å². The molecule has 0 aromatic carbocycles. The first kappa shape index (κ1) is 9.73. The molecule has 1 rings (SSSR count). The number of rotatable bonds is 4. The molecule has 1 heterocycles. The van der Waals surface area contributed by atoms with Crippen molar-refractivity contribution >= 4 is 5.82 Å². The number of methoxy groups -OCH3 is 1. The number of ether oxygens (including phenoxy) is 1. The Hall–Kier alpha value is -1.36. The van der Waals surface area contributed by atoms with Crippen molar-refractivity contribution in [1.82, 2.24) is 9.97 Å². The summed E-state index contributed by atoms with van der Waals surface area (Å²) in [5.41, 5.74) is -0.164. The molecular formula is C8H13N3O2. The van der Waals surface area contributed by atoms with Crippen molar-refractivity contribution in [3.05, 3.63) is 22.7 Å². The lowest BCUT2D eigenvalue weighted by molar-refractivity contribution is 0.128. The number of aromatic amines is 1. The molecule has 1 unspecified atom stereocenters. The molecule has 1 aromatic rings. The van der Waals surface area contributed by atoms with Crippen molar-refractivity contribution in [1.29, 1.82) is 0 Å². The van der Waals surface area contributed by atoms with Gasteiger partial charge in [0.1, 0.15) is 5.82 Å². The number of nitrogens with one attached hydrogen (secondary N) is 2. The SMILES string of the molecule is COC(C)CNc1cc(=O)[nH]cn1. The molecule has 0 saturated carbocycles. The quantitative estimate of drug-likeness (QED) is 0.700. The van der Waals surface area contributed by atoms with Crippen LogP contribution >= 0.6 is 0 Å². The molecule has 0 fully saturated rings. The fraction of sp³-hybridized carbons (Fsp3) is 0.500. The van der Waals surface area contributed by atoms with Crippen molar-refractivity contribution in [2.24, 2.45) is 0 Å². The summed E-state index contributed by atoms with van der Waals surface area (Å²) < 4.78 is 5.03. The molecule has 0 aliphatic rings. The van der Waals surface area contributed by atoms with E-state index >= 15 is 0 Å². The lowest BCUT2D eigenvalue weighted by Crippen LogP contribution is -2.19. The highest BCUT2D eigenvalue weighted by Gasteiger charge is 1.99. The molecule has 0 bridgehead atoms. The van der Waals surface area contributed by atoms with Gasteiger partial charge in [0.25, 0.3) is 5.56 Å². The van der Waals surface area contributed by atoms with Crippen molar-refractivity contribution < 1.29 is 4.74 Å². The van der Waals surface area contributed by atoms with Gasteiger partial charge in [-0.3, -0.25) is 4.79 Å². The zero-order chi connectivity index (χ0) is 9.68. The van der Waals surface area contributed by atoms with Gasteiger partial charge in [-0.2, -0.15) is 0 Å². The number of H-pyrrole nitrogens is 1. The second-order valence-electron chi connectivity index (χ2n) is 2.72. The summed E-state index contributed by atoms with van der Waals surface area (Å²) in [5.74, 6) is 0.563. The van der Waals surface area contributed by atoms with E-state index in [1.54, 1.807) is 7.11 Å². The largest absolute Gasteiger partial charge is 0.380 e. The predicted molar refractivity (Wildman–Crippen MR) is 49.8 cm³/mol. The number of hydrogen-bond donors (Lipinski definition) is 2. The van der Waals surface area contributed by atoms with Gasteiger partial charge in [-0.15, -0.1) is 0 Å². The summed E-state index contributed by atoms with van der Waals surface area (Å²) in [6, 6.07) is 1.41. The van der Waals surface area contributed by atoms with Crippen molar-refractivity contribution in [3.63, 3.8) is 0 Å². The van der Waals surface area contributed by atoms with Crippen molar-refractivity contribution in [2.45, 2.75) is 13.0 Å². The molecule has 5 nitrogen and oxygen atoms in total. The Morgan fingerprint density at radius 2 is 2.54 bits per heavy atom. The molecule has 1 atom stereocenters. The van der Waals surface area contributed by atoms with Crippen molar-refractivity contribution in [2.75, 3.05) is 19.0 Å². The molecule has 0 aliphatic carbocycles. The molecule has 0 saturated heterocycles. The maximum absolute atomic E-state index is 10.8. The van der Waals surface area contributed by atoms with Crippen LogP contribution in [-0.4, -0.2) is 29.7 Å². The molecule has 2 N–H and O–H groups in total. The molecule has 0 amide bonds. The van der Waals surface area contributed by atoms with E-state index in [9.17, 15) is 4.79 Å². The second-order valence-corrected chi connectivity index (χ2v) is 2.72. The number of nitrogens with zero attached hydrogens (tertiary/aromatic N) is 1. The number of aromatic nitrogens is 2. The van der Waals surface area contributed by atoms with E-state index in [1.807, 2.05) is 6.92 Å². The Balaban J connectivity index is 2.50. The Morgan fingerprint density at radius 1 is 1.77 bits per heavy atom. The summed E-state index contributed by atoms with van der Waals surface area (Å²) in [7, 11) is 1.64. The van der Waals surface area contributed by atoms with E-state index in [-0.39, 0.29) is 11.7 Å². The average molecular weight is 183 g/mol. The fourth-order valence-corrected chi connectivity index (χ4v) is 0.797. The van der Waals surface area contributed by atoms with Crippen LogP contribution in [0.5, 0.6) is 0 Å². The summed E-state index contributed by atoms with van der Waals surface area (Å²) >= 11 is 0. The number of hydrogen-bond acceptors (Lipinski definition) is 4. The minimum atomic E-state index is -0.164. The lowest BCUT2D eigenvalue weighted by Gasteiger charge is -2.10. The fourth-order valence-electron chi connectivity index (χ4n) is 0.797. The summed E-state index contributed by atoms with van der Waals surface area (Å²) in [5, 5.41) is 2.98. The third-order valence-electron chi connectivity index (χ3n) is 1.65. The maximum atomic E-state index is 10.8. The summed E-state index contributed by atoms with van der Waals surface area (Å²) in [6.07, 6.45) is 1.46. The Morgan fingerprint density at radius 3 is 3.15 bits per heavy atom. The highest BCUT2D eigenvalue weighted by atomic mass is 16.5. The third-order valence-corrected chi connectivity index (χ3v) is 1.65. The van der Waals surface area contributed by atoms with Gasteiger partial charge in [-0.05, 0) is 6.92 Å². The van der Waals surface area contributed by atoms with E-state index < -0.39 is 0 Å². The highest BCUT2D eigenvalue weighted by molar-refractivity contribution is 5.31. The van der Waals surface area contributed by atoms with E-state index in [0.29, 0.717) is 12.4 Å². The van der Waals surface area contributed by atoms with Gasteiger partial charge >= 0.3 is 0 Å². The van der Waals surface area contributed by atoms with E-state index in [1.165, 1.54) is 12.4 Å². The second kappa shape index (κ2) is 4.61. The lowest BCUT2D eigenvalue weighted by atomic mass is 10.4.